The predicted octanol–water partition coefficient (Wildman–Crippen LogP) is 2.65. The minimum Gasteiger partial charge on any atom is -0.497 e. The van der Waals surface area contributed by atoms with Gasteiger partial charge >= 0.3 is 0 Å². The van der Waals surface area contributed by atoms with Crippen molar-refractivity contribution in [2.75, 3.05) is 7.11 Å². The lowest BCUT2D eigenvalue weighted by Gasteiger charge is -2.29. The van der Waals surface area contributed by atoms with Gasteiger partial charge in [-0.2, -0.15) is 0 Å². The van der Waals surface area contributed by atoms with Gasteiger partial charge in [0.1, 0.15) is 11.8 Å². The lowest BCUT2D eigenvalue weighted by molar-refractivity contribution is -0.125. The number of aliphatic hydroxyl groups excluding tert-OH is 1. The molecule has 1 aromatic carbocycles. The van der Waals surface area contributed by atoms with E-state index in [0.29, 0.717) is 6.42 Å². The van der Waals surface area contributed by atoms with Crippen molar-refractivity contribution in [1.82, 2.24) is 10.6 Å². The molecule has 0 radical (unpaired) electrons. The molecule has 5 heteroatoms. The molecule has 0 saturated carbocycles. The number of aliphatic hydroxyl groups is 1. The highest BCUT2D eigenvalue weighted by Gasteiger charge is 2.27. The first kappa shape index (κ1) is 20.5. The van der Waals surface area contributed by atoms with Gasteiger partial charge in [-0.25, -0.2) is 0 Å². The zero-order chi connectivity index (χ0) is 18.3. The van der Waals surface area contributed by atoms with Gasteiger partial charge < -0.3 is 15.2 Å². The number of carbonyl (C=O) groups excluding carboxylic acids is 1. The van der Waals surface area contributed by atoms with Crippen molar-refractivity contribution in [3.63, 3.8) is 0 Å². The van der Waals surface area contributed by atoms with E-state index in [1.165, 1.54) is 0 Å². The standard InChI is InChI=1S/C19H32N2O3/c1-7-16(18(22)12(2)3)21-19(23)17(20-13(4)5)14-8-10-15(24-6)11-9-14/h8-13,16-18,20,22H,7H2,1-6H3,(H,21,23). The summed E-state index contributed by atoms with van der Waals surface area (Å²) in [5.74, 6) is 0.720. The van der Waals surface area contributed by atoms with Gasteiger partial charge in [0.05, 0.1) is 19.3 Å². The van der Waals surface area contributed by atoms with Crippen LogP contribution in [0.1, 0.15) is 52.6 Å². The third-order valence-corrected chi connectivity index (χ3v) is 4.07. The SMILES string of the molecule is CCC(NC(=O)C(NC(C)C)c1ccc(OC)cc1)C(O)C(C)C. The molecule has 0 aliphatic carbocycles. The average molecular weight is 336 g/mol. The predicted molar refractivity (Wildman–Crippen MR) is 97.1 cm³/mol. The lowest BCUT2D eigenvalue weighted by atomic mass is 9.96. The summed E-state index contributed by atoms with van der Waals surface area (Å²) in [5.41, 5.74) is 0.871. The first-order chi connectivity index (χ1) is 11.3. The van der Waals surface area contributed by atoms with Crippen LogP contribution in [0.2, 0.25) is 0 Å². The van der Waals surface area contributed by atoms with Gasteiger partial charge in [-0.3, -0.25) is 10.1 Å². The molecule has 3 N–H and O–H groups in total. The van der Waals surface area contributed by atoms with Crippen LogP contribution in [0.5, 0.6) is 5.75 Å². The second-order valence-corrected chi connectivity index (χ2v) is 6.79. The van der Waals surface area contributed by atoms with Crippen LogP contribution in [0.4, 0.5) is 0 Å². The van der Waals surface area contributed by atoms with Crippen molar-refractivity contribution in [1.29, 1.82) is 0 Å². The molecular weight excluding hydrogens is 304 g/mol. The Morgan fingerprint density at radius 3 is 2.17 bits per heavy atom. The molecule has 1 aromatic rings. The minimum absolute atomic E-state index is 0.0905. The molecule has 136 valence electrons. The van der Waals surface area contributed by atoms with Crippen molar-refractivity contribution < 1.29 is 14.6 Å². The number of hydrogen-bond acceptors (Lipinski definition) is 4. The Balaban J connectivity index is 2.95. The summed E-state index contributed by atoms with van der Waals surface area (Å²) in [4.78, 5) is 12.8. The number of nitrogens with one attached hydrogen (secondary N) is 2. The maximum absolute atomic E-state index is 12.8. The van der Waals surface area contributed by atoms with Crippen molar-refractivity contribution in [3.05, 3.63) is 29.8 Å². The van der Waals surface area contributed by atoms with Crippen LogP contribution in [0.3, 0.4) is 0 Å². The molecule has 1 amide bonds. The van der Waals surface area contributed by atoms with E-state index in [2.05, 4.69) is 10.6 Å². The summed E-state index contributed by atoms with van der Waals surface area (Å²) >= 11 is 0. The summed E-state index contributed by atoms with van der Waals surface area (Å²) < 4.78 is 5.18. The highest BCUT2D eigenvalue weighted by atomic mass is 16.5. The Morgan fingerprint density at radius 1 is 1.17 bits per heavy atom. The van der Waals surface area contributed by atoms with E-state index < -0.39 is 12.1 Å². The molecule has 3 atom stereocenters. The van der Waals surface area contributed by atoms with E-state index in [-0.39, 0.29) is 23.9 Å². The largest absolute Gasteiger partial charge is 0.497 e. The number of benzene rings is 1. The molecule has 0 fully saturated rings. The van der Waals surface area contributed by atoms with Gasteiger partial charge in [-0.05, 0) is 43.9 Å². The fourth-order valence-electron chi connectivity index (χ4n) is 2.61. The number of hydrogen-bond donors (Lipinski definition) is 3. The summed E-state index contributed by atoms with van der Waals surface area (Å²) in [6.45, 7) is 9.88. The molecule has 0 heterocycles. The summed E-state index contributed by atoms with van der Waals surface area (Å²) in [5, 5.41) is 16.6. The zero-order valence-electron chi connectivity index (χ0n) is 15.7. The van der Waals surface area contributed by atoms with Gasteiger partial charge in [0.15, 0.2) is 0 Å². The molecule has 3 unspecified atom stereocenters. The van der Waals surface area contributed by atoms with Gasteiger partial charge in [-0.1, -0.05) is 32.9 Å². The van der Waals surface area contributed by atoms with Crippen LogP contribution >= 0.6 is 0 Å². The Kier molecular flexibility index (Phi) is 8.22. The first-order valence-electron chi connectivity index (χ1n) is 8.68. The van der Waals surface area contributed by atoms with E-state index in [4.69, 9.17) is 4.74 Å². The summed E-state index contributed by atoms with van der Waals surface area (Å²) in [6.07, 6.45) is 0.122. The van der Waals surface area contributed by atoms with Gasteiger partial charge in [0.2, 0.25) is 5.91 Å². The van der Waals surface area contributed by atoms with Crippen LogP contribution in [0.25, 0.3) is 0 Å². The highest BCUT2D eigenvalue weighted by Crippen LogP contribution is 2.19. The Bertz CT molecular complexity index is 500. The second kappa shape index (κ2) is 9.64. The molecular formula is C19H32N2O3. The molecule has 5 nitrogen and oxygen atoms in total. The van der Waals surface area contributed by atoms with E-state index in [0.717, 1.165) is 11.3 Å². The quantitative estimate of drug-likeness (QED) is 0.648. The Morgan fingerprint density at radius 2 is 1.75 bits per heavy atom. The smallest absolute Gasteiger partial charge is 0.242 e. The maximum atomic E-state index is 12.8. The molecule has 0 saturated heterocycles. The third-order valence-electron chi connectivity index (χ3n) is 4.07. The number of ether oxygens (including phenoxy) is 1. The topological polar surface area (TPSA) is 70.6 Å². The number of amides is 1. The maximum Gasteiger partial charge on any atom is 0.242 e. The van der Waals surface area contributed by atoms with Crippen molar-refractivity contribution in [2.24, 2.45) is 5.92 Å². The van der Waals surface area contributed by atoms with Crippen LogP contribution in [0.15, 0.2) is 24.3 Å². The van der Waals surface area contributed by atoms with Crippen molar-refractivity contribution in [3.8, 4) is 5.75 Å². The molecule has 0 spiro atoms. The summed E-state index contributed by atoms with van der Waals surface area (Å²) in [7, 11) is 1.62. The lowest BCUT2D eigenvalue weighted by Crippen LogP contribution is -2.49. The molecule has 24 heavy (non-hydrogen) atoms. The van der Waals surface area contributed by atoms with Crippen LogP contribution in [-0.4, -0.2) is 36.3 Å². The molecule has 0 bridgehead atoms. The van der Waals surface area contributed by atoms with Gasteiger partial charge in [0, 0.05) is 6.04 Å². The first-order valence-corrected chi connectivity index (χ1v) is 8.68. The second-order valence-electron chi connectivity index (χ2n) is 6.79. The van der Waals surface area contributed by atoms with Gasteiger partial charge in [0.25, 0.3) is 0 Å². The Labute approximate surface area is 145 Å². The minimum atomic E-state index is -0.561. The van der Waals surface area contributed by atoms with Crippen molar-refractivity contribution in [2.45, 2.75) is 65.3 Å². The molecule has 0 aliphatic rings. The average Bonchev–Trinajstić information content (AvgIpc) is 2.56. The molecule has 0 aliphatic heterocycles. The number of rotatable bonds is 9. The van der Waals surface area contributed by atoms with E-state index in [9.17, 15) is 9.90 Å². The van der Waals surface area contributed by atoms with Gasteiger partial charge in [-0.15, -0.1) is 0 Å². The third kappa shape index (κ3) is 5.80. The van der Waals surface area contributed by atoms with E-state index in [1.54, 1.807) is 7.11 Å². The molecule has 1 rings (SSSR count). The number of methoxy groups -OCH3 is 1. The van der Waals surface area contributed by atoms with Crippen LogP contribution in [0, 0.1) is 5.92 Å². The van der Waals surface area contributed by atoms with E-state index >= 15 is 0 Å². The number of carbonyl (C=O) groups is 1. The fraction of sp³-hybridized carbons (Fsp3) is 0.632. The zero-order valence-corrected chi connectivity index (χ0v) is 15.7. The molecule has 0 aromatic heterocycles. The highest BCUT2D eigenvalue weighted by molar-refractivity contribution is 5.83. The normalized spacial score (nSPS) is 15.2. The van der Waals surface area contributed by atoms with Crippen LogP contribution in [-0.2, 0) is 4.79 Å². The fourth-order valence-corrected chi connectivity index (χ4v) is 2.61. The Hall–Kier alpha value is -1.59. The van der Waals surface area contributed by atoms with E-state index in [1.807, 2.05) is 58.9 Å². The monoisotopic (exact) mass is 336 g/mol. The summed E-state index contributed by atoms with van der Waals surface area (Å²) in [6, 6.07) is 6.89. The van der Waals surface area contributed by atoms with Crippen molar-refractivity contribution >= 4 is 5.91 Å². The van der Waals surface area contributed by atoms with Crippen LogP contribution < -0.4 is 15.4 Å².